The molecular formula is C27H45N3O5. The van der Waals surface area contributed by atoms with Crippen molar-refractivity contribution >= 4 is 17.7 Å². The highest BCUT2D eigenvalue weighted by atomic mass is 16.5. The van der Waals surface area contributed by atoms with Gasteiger partial charge in [-0.15, -0.1) is 0 Å². The van der Waals surface area contributed by atoms with Crippen LogP contribution >= 0.6 is 0 Å². The third kappa shape index (κ3) is 4.61. The lowest BCUT2D eigenvalue weighted by molar-refractivity contribution is -0.148. The van der Waals surface area contributed by atoms with Gasteiger partial charge in [0.2, 0.25) is 17.7 Å². The van der Waals surface area contributed by atoms with Gasteiger partial charge >= 0.3 is 0 Å². The maximum atomic E-state index is 14.0. The average Bonchev–Trinajstić information content (AvgIpc) is 3.34. The third-order valence-corrected chi connectivity index (χ3v) is 9.15. The third-order valence-electron chi connectivity index (χ3n) is 9.15. The molecule has 1 aliphatic carbocycles. The summed E-state index contributed by atoms with van der Waals surface area (Å²) in [7, 11) is 0. The second-order valence-electron chi connectivity index (χ2n) is 11.5. The number of unbranched alkanes of at least 4 members (excludes halogenated alkanes) is 3. The van der Waals surface area contributed by atoms with Gasteiger partial charge in [-0.3, -0.25) is 14.4 Å². The van der Waals surface area contributed by atoms with Crippen molar-refractivity contribution < 1.29 is 24.2 Å². The lowest BCUT2D eigenvalue weighted by Gasteiger charge is -2.36. The van der Waals surface area contributed by atoms with E-state index >= 15 is 0 Å². The van der Waals surface area contributed by atoms with Gasteiger partial charge in [0.25, 0.3) is 0 Å². The lowest BCUT2D eigenvalue weighted by atomic mass is 9.62. The van der Waals surface area contributed by atoms with E-state index in [0.717, 1.165) is 57.8 Å². The number of carbonyl (C=O) groups excluding carboxylic acids is 3. The van der Waals surface area contributed by atoms with Crippen LogP contribution in [0.5, 0.6) is 0 Å². The lowest BCUT2D eigenvalue weighted by Crippen LogP contribution is -2.57. The number of aliphatic hydroxyl groups excluding tert-OH is 1. The van der Waals surface area contributed by atoms with E-state index in [1.807, 2.05) is 13.8 Å². The van der Waals surface area contributed by atoms with Crippen LogP contribution in [0.15, 0.2) is 0 Å². The summed E-state index contributed by atoms with van der Waals surface area (Å²) < 4.78 is 6.75. The summed E-state index contributed by atoms with van der Waals surface area (Å²) in [6, 6.07) is -0.559. The Hall–Kier alpha value is -1.67. The van der Waals surface area contributed by atoms with Gasteiger partial charge in [-0.25, -0.2) is 0 Å². The van der Waals surface area contributed by atoms with Crippen molar-refractivity contribution in [3.05, 3.63) is 0 Å². The molecule has 0 aromatic rings. The molecule has 198 valence electrons. The molecule has 3 aliphatic heterocycles. The summed E-state index contributed by atoms with van der Waals surface area (Å²) >= 11 is 0. The van der Waals surface area contributed by atoms with Gasteiger partial charge in [0.1, 0.15) is 11.6 Å². The second-order valence-corrected chi connectivity index (χ2v) is 11.5. The maximum Gasteiger partial charge on any atom is 0.246 e. The van der Waals surface area contributed by atoms with Gasteiger partial charge in [-0.2, -0.15) is 0 Å². The van der Waals surface area contributed by atoms with Crippen LogP contribution in [0, 0.1) is 17.8 Å². The van der Waals surface area contributed by atoms with E-state index < -0.39 is 29.1 Å². The molecule has 3 unspecified atom stereocenters. The van der Waals surface area contributed by atoms with Crippen molar-refractivity contribution in [3.8, 4) is 0 Å². The Balaban J connectivity index is 1.62. The molecule has 8 heteroatoms. The van der Waals surface area contributed by atoms with Crippen LogP contribution in [0.3, 0.4) is 0 Å². The Labute approximate surface area is 209 Å². The summed E-state index contributed by atoms with van der Waals surface area (Å²) in [6.07, 6.45) is 10.1. The molecule has 4 rings (SSSR count). The number of aliphatic hydroxyl groups is 1. The zero-order valence-electron chi connectivity index (χ0n) is 21.8. The second kappa shape index (κ2) is 10.8. The van der Waals surface area contributed by atoms with Crippen LogP contribution in [0.25, 0.3) is 0 Å². The molecule has 0 aromatic carbocycles. The van der Waals surface area contributed by atoms with Crippen LogP contribution in [0.4, 0.5) is 0 Å². The first kappa shape index (κ1) is 26.4. The highest BCUT2D eigenvalue weighted by Gasteiger charge is 2.79. The molecular weight excluding hydrogens is 446 g/mol. The number of nitrogens with one attached hydrogen (secondary N) is 2. The number of hydrogen-bond acceptors (Lipinski definition) is 5. The number of amides is 3. The molecule has 1 saturated carbocycles. The smallest absolute Gasteiger partial charge is 0.246 e. The summed E-state index contributed by atoms with van der Waals surface area (Å²) in [5, 5.41) is 15.4. The molecule has 3 N–H and O–H groups in total. The topological polar surface area (TPSA) is 108 Å². The van der Waals surface area contributed by atoms with Crippen molar-refractivity contribution in [1.29, 1.82) is 0 Å². The van der Waals surface area contributed by atoms with Gasteiger partial charge in [0.15, 0.2) is 0 Å². The monoisotopic (exact) mass is 491 g/mol. The Morgan fingerprint density at radius 2 is 1.83 bits per heavy atom. The van der Waals surface area contributed by atoms with E-state index in [9.17, 15) is 14.4 Å². The number of ether oxygens (including phenoxy) is 1. The Morgan fingerprint density at radius 1 is 1.11 bits per heavy atom. The van der Waals surface area contributed by atoms with Gasteiger partial charge in [0.05, 0.1) is 17.4 Å². The van der Waals surface area contributed by atoms with Crippen LogP contribution in [-0.2, 0) is 19.1 Å². The summed E-state index contributed by atoms with van der Waals surface area (Å²) in [4.78, 5) is 43.0. The first-order valence-corrected chi connectivity index (χ1v) is 14.0. The van der Waals surface area contributed by atoms with Crippen LogP contribution in [-0.4, -0.2) is 70.7 Å². The predicted molar refractivity (Wildman–Crippen MR) is 132 cm³/mol. The highest BCUT2D eigenvalue weighted by Crippen LogP contribution is 2.65. The number of rotatable bonds is 11. The number of carbonyl (C=O) groups is 3. The van der Waals surface area contributed by atoms with E-state index in [2.05, 4.69) is 17.6 Å². The number of fused-ring (bicyclic) bond motifs is 1. The minimum absolute atomic E-state index is 0.0680. The molecule has 4 aliphatic rings. The molecule has 35 heavy (non-hydrogen) atoms. The van der Waals surface area contributed by atoms with Gasteiger partial charge in [-0.05, 0) is 51.4 Å². The molecule has 3 heterocycles. The fourth-order valence-electron chi connectivity index (χ4n) is 7.31. The van der Waals surface area contributed by atoms with Crippen molar-refractivity contribution in [2.45, 2.75) is 115 Å². The van der Waals surface area contributed by atoms with Crippen LogP contribution in [0.1, 0.15) is 91.4 Å². The molecule has 0 aromatic heterocycles. The molecule has 0 radical (unpaired) electrons. The van der Waals surface area contributed by atoms with E-state index in [1.165, 1.54) is 6.42 Å². The fraction of sp³-hybridized carbons (Fsp3) is 0.889. The summed E-state index contributed by atoms with van der Waals surface area (Å²) in [6.45, 7) is 7.26. The van der Waals surface area contributed by atoms with E-state index in [1.54, 1.807) is 4.90 Å². The van der Waals surface area contributed by atoms with E-state index in [-0.39, 0.29) is 36.3 Å². The minimum Gasteiger partial charge on any atom is -0.396 e. The van der Waals surface area contributed by atoms with Crippen molar-refractivity contribution in [1.82, 2.24) is 15.5 Å². The number of hydrogen-bond donors (Lipinski definition) is 3. The molecule has 6 atom stereocenters. The molecule has 3 amide bonds. The Bertz CT molecular complexity index is 800. The largest absolute Gasteiger partial charge is 0.396 e. The molecule has 2 bridgehead atoms. The standard InChI is InChI=1S/C27H45N3O5/c1-4-14-28-23(32)20-21-25(34)30(15-10-5-6-11-16-31)22(24(33)29-19-12-8-7-9-13-19)27(21)17-18(2)26(20,3)35-27/h18-22,31H,4-17H2,1-3H3,(H,28,32)(H,29,33)/t18?,20-,21+,22?,26+,27?/m1/s1. The molecule has 4 fully saturated rings. The Morgan fingerprint density at radius 3 is 2.51 bits per heavy atom. The highest BCUT2D eigenvalue weighted by molar-refractivity contribution is 5.99. The summed E-state index contributed by atoms with van der Waals surface area (Å²) in [5.74, 6) is -1.50. The number of nitrogens with zero attached hydrogens (tertiary/aromatic N) is 1. The van der Waals surface area contributed by atoms with Gasteiger partial charge in [-0.1, -0.05) is 46.0 Å². The van der Waals surface area contributed by atoms with Crippen molar-refractivity contribution in [3.63, 3.8) is 0 Å². The first-order chi connectivity index (χ1) is 16.8. The quantitative estimate of drug-likeness (QED) is 0.385. The number of likely N-dealkylation sites (tertiary alicyclic amines) is 1. The fourth-order valence-corrected chi connectivity index (χ4v) is 7.31. The molecule has 1 spiro atoms. The first-order valence-electron chi connectivity index (χ1n) is 14.0. The maximum absolute atomic E-state index is 14.0. The Kier molecular flexibility index (Phi) is 8.11. The minimum atomic E-state index is -0.955. The van der Waals surface area contributed by atoms with E-state index in [4.69, 9.17) is 9.84 Å². The van der Waals surface area contributed by atoms with E-state index in [0.29, 0.717) is 19.5 Å². The van der Waals surface area contributed by atoms with Gasteiger partial charge in [0, 0.05) is 25.7 Å². The van der Waals surface area contributed by atoms with Crippen LogP contribution < -0.4 is 10.6 Å². The zero-order valence-corrected chi connectivity index (χ0v) is 21.8. The zero-order chi connectivity index (χ0) is 25.2. The summed E-state index contributed by atoms with van der Waals surface area (Å²) in [5.41, 5.74) is -1.71. The molecule has 8 nitrogen and oxygen atoms in total. The van der Waals surface area contributed by atoms with Crippen LogP contribution in [0.2, 0.25) is 0 Å². The van der Waals surface area contributed by atoms with Crippen molar-refractivity contribution in [2.75, 3.05) is 19.7 Å². The normalized spacial score (nSPS) is 36.5. The predicted octanol–water partition coefficient (Wildman–Crippen LogP) is 2.52. The average molecular weight is 492 g/mol. The van der Waals surface area contributed by atoms with Crippen molar-refractivity contribution in [2.24, 2.45) is 17.8 Å². The molecule has 3 saturated heterocycles. The SMILES string of the molecule is CCCNC(=O)[C@H]1[C@H]2C(=O)N(CCCCCCO)C(C(=O)NC3CCCCC3)C23CC(C)[C@]1(C)O3. The van der Waals surface area contributed by atoms with Gasteiger partial charge < -0.3 is 25.4 Å².